The van der Waals surface area contributed by atoms with Gasteiger partial charge >= 0.3 is 0 Å². The van der Waals surface area contributed by atoms with Crippen LogP contribution in [0.1, 0.15) is 15.9 Å². The summed E-state index contributed by atoms with van der Waals surface area (Å²) in [6, 6.07) is 13.4. The highest BCUT2D eigenvalue weighted by atomic mass is 35.5. The number of benzene rings is 2. The molecular weight excluding hydrogens is 350 g/mol. The number of nitrogens with two attached hydrogens (primary N) is 1. The fraction of sp³-hybridized carbons (Fsp3) is 0.263. The van der Waals surface area contributed by atoms with Crippen molar-refractivity contribution in [2.45, 2.75) is 6.54 Å². The van der Waals surface area contributed by atoms with Crippen molar-refractivity contribution in [2.75, 3.05) is 31.2 Å². The van der Waals surface area contributed by atoms with E-state index in [2.05, 4.69) is 31.7 Å². The third-order valence-corrected chi connectivity index (χ3v) is 5.04. The topological polar surface area (TPSA) is 67.4 Å². The maximum atomic E-state index is 11.3. The van der Waals surface area contributed by atoms with Crippen molar-refractivity contribution in [2.24, 2.45) is 5.73 Å². The molecule has 0 radical (unpaired) electrons. The van der Waals surface area contributed by atoms with E-state index >= 15 is 0 Å². The van der Waals surface area contributed by atoms with Gasteiger partial charge < -0.3 is 10.7 Å². The molecular formula is C19H20ClN5O. The van der Waals surface area contributed by atoms with Crippen LogP contribution in [0, 0.1) is 0 Å². The molecule has 1 saturated heterocycles. The van der Waals surface area contributed by atoms with Crippen molar-refractivity contribution in [1.82, 2.24) is 14.6 Å². The van der Waals surface area contributed by atoms with Crippen LogP contribution < -0.4 is 10.7 Å². The molecule has 0 unspecified atom stereocenters. The highest BCUT2D eigenvalue weighted by molar-refractivity contribution is 6.30. The van der Waals surface area contributed by atoms with Gasteiger partial charge in [-0.3, -0.25) is 9.69 Å². The van der Waals surface area contributed by atoms with E-state index in [1.54, 1.807) is 12.1 Å². The van der Waals surface area contributed by atoms with Crippen LogP contribution in [-0.2, 0) is 6.54 Å². The minimum absolute atomic E-state index is 0.433. The second-order valence-electron chi connectivity index (χ2n) is 6.51. The standard InChI is InChI=1S/C19H20ClN5O/c20-16-4-1-14(2-5-16)12-23-7-9-24(10-8-23)25-13-22-17-11-15(19(21)26)3-6-18(17)25/h1-6,11,13H,7-10,12H2,(H2,21,26). The number of primary amides is 1. The largest absolute Gasteiger partial charge is 0.366 e. The maximum Gasteiger partial charge on any atom is 0.248 e. The van der Waals surface area contributed by atoms with Gasteiger partial charge in [-0.15, -0.1) is 0 Å². The van der Waals surface area contributed by atoms with Crippen LogP contribution >= 0.6 is 11.6 Å². The smallest absolute Gasteiger partial charge is 0.248 e. The van der Waals surface area contributed by atoms with E-state index in [1.165, 1.54) is 5.56 Å². The van der Waals surface area contributed by atoms with Gasteiger partial charge in [0.2, 0.25) is 5.91 Å². The normalized spacial score (nSPS) is 15.5. The molecule has 1 fully saturated rings. The number of hydrogen-bond donors (Lipinski definition) is 1. The lowest BCUT2D eigenvalue weighted by molar-refractivity contribution is 0.100. The van der Waals surface area contributed by atoms with Gasteiger partial charge in [0.25, 0.3) is 0 Å². The fourth-order valence-electron chi connectivity index (χ4n) is 3.34. The van der Waals surface area contributed by atoms with Crippen LogP contribution in [0.2, 0.25) is 5.02 Å². The molecule has 6 nitrogen and oxygen atoms in total. The molecule has 3 aromatic rings. The summed E-state index contributed by atoms with van der Waals surface area (Å²) < 4.78 is 2.07. The molecule has 1 aliphatic rings. The lowest BCUT2D eigenvalue weighted by Gasteiger charge is -2.36. The molecule has 2 heterocycles. The van der Waals surface area contributed by atoms with Crippen molar-refractivity contribution < 1.29 is 4.79 Å². The summed E-state index contributed by atoms with van der Waals surface area (Å²) in [6.07, 6.45) is 1.81. The van der Waals surface area contributed by atoms with Gasteiger partial charge in [-0.1, -0.05) is 23.7 Å². The molecule has 7 heteroatoms. The summed E-state index contributed by atoms with van der Waals surface area (Å²) in [7, 11) is 0. The van der Waals surface area contributed by atoms with Crippen molar-refractivity contribution in [3.8, 4) is 0 Å². The van der Waals surface area contributed by atoms with Gasteiger partial charge in [0.15, 0.2) is 0 Å². The van der Waals surface area contributed by atoms with E-state index in [0.717, 1.165) is 48.8 Å². The first-order valence-electron chi connectivity index (χ1n) is 8.59. The predicted molar refractivity (Wildman–Crippen MR) is 103 cm³/mol. The number of imidazole rings is 1. The van der Waals surface area contributed by atoms with Crippen molar-refractivity contribution >= 4 is 28.5 Å². The SMILES string of the molecule is NC(=O)c1ccc2c(c1)ncn2N1CCN(Cc2ccc(Cl)cc2)CC1. The van der Waals surface area contributed by atoms with E-state index in [4.69, 9.17) is 17.3 Å². The number of rotatable bonds is 4. The summed E-state index contributed by atoms with van der Waals surface area (Å²) in [5.74, 6) is -0.433. The minimum atomic E-state index is -0.433. The molecule has 134 valence electrons. The molecule has 2 N–H and O–H groups in total. The number of piperazine rings is 1. The molecule has 0 bridgehead atoms. The van der Waals surface area contributed by atoms with E-state index in [0.29, 0.717) is 5.56 Å². The van der Waals surface area contributed by atoms with Crippen LogP contribution in [-0.4, -0.2) is 46.6 Å². The van der Waals surface area contributed by atoms with Crippen LogP contribution in [0.5, 0.6) is 0 Å². The highest BCUT2D eigenvalue weighted by Crippen LogP contribution is 2.17. The van der Waals surface area contributed by atoms with Gasteiger partial charge in [0.1, 0.15) is 6.33 Å². The zero-order chi connectivity index (χ0) is 18.1. The number of nitrogens with zero attached hydrogens (tertiary/aromatic N) is 4. The molecule has 0 atom stereocenters. The van der Waals surface area contributed by atoms with Crippen LogP contribution in [0.15, 0.2) is 48.8 Å². The summed E-state index contributed by atoms with van der Waals surface area (Å²) >= 11 is 5.95. The second-order valence-corrected chi connectivity index (χ2v) is 6.95. The zero-order valence-corrected chi connectivity index (χ0v) is 15.1. The summed E-state index contributed by atoms with van der Waals surface area (Å²) in [5, 5.41) is 3.04. The Morgan fingerprint density at radius 2 is 1.81 bits per heavy atom. The molecule has 1 amide bonds. The van der Waals surface area contributed by atoms with Crippen LogP contribution in [0.25, 0.3) is 11.0 Å². The van der Waals surface area contributed by atoms with E-state index in [-0.39, 0.29) is 0 Å². The molecule has 4 rings (SSSR count). The minimum Gasteiger partial charge on any atom is -0.366 e. The van der Waals surface area contributed by atoms with Crippen LogP contribution in [0.3, 0.4) is 0 Å². The van der Waals surface area contributed by atoms with Crippen molar-refractivity contribution in [1.29, 1.82) is 0 Å². The van der Waals surface area contributed by atoms with Gasteiger partial charge in [-0.05, 0) is 35.9 Å². The average Bonchev–Trinajstić information content (AvgIpc) is 3.07. The van der Waals surface area contributed by atoms with Crippen molar-refractivity contribution in [3.63, 3.8) is 0 Å². The fourth-order valence-corrected chi connectivity index (χ4v) is 3.46. The number of aromatic nitrogens is 2. The monoisotopic (exact) mass is 369 g/mol. The predicted octanol–water partition coefficient (Wildman–Crippen LogP) is 2.24. The second kappa shape index (κ2) is 6.97. The van der Waals surface area contributed by atoms with E-state index in [1.807, 2.05) is 24.5 Å². The lowest BCUT2D eigenvalue weighted by Crippen LogP contribution is -2.50. The number of fused-ring (bicyclic) bond motifs is 1. The number of halogens is 1. The first kappa shape index (κ1) is 16.9. The number of hydrogen-bond acceptors (Lipinski definition) is 4. The Morgan fingerprint density at radius 1 is 1.08 bits per heavy atom. The Kier molecular flexibility index (Phi) is 4.53. The molecule has 26 heavy (non-hydrogen) atoms. The van der Waals surface area contributed by atoms with Crippen LogP contribution in [0.4, 0.5) is 0 Å². The Morgan fingerprint density at radius 3 is 2.50 bits per heavy atom. The Balaban J connectivity index is 1.44. The zero-order valence-electron chi connectivity index (χ0n) is 14.3. The lowest BCUT2D eigenvalue weighted by atomic mass is 10.2. The number of carbonyl (C=O) groups is 1. The summed E-state index contributed by atoms with van der Waals surface area (Å²) in [4.78, 5) is 18.2. The molecule has 0 spiro atoms. The Hall–Kier alpha value is -2.57. The van der Waals surface area contributed by atoms with Gasteiger partial charge in [0, 0.05) is 43.3 Å². The third kappa shape index (κ3) is 3.38. The molecule has 2 aromatic carbocycles. The number of carbonyl (C=O) groups excluding carboxylic acids is 1. The third-order valence-electron chi connectivity index (χ3n) is 4.79. The summed E-state index contributed by atoms with van der Waals surface area (Å²) in [6.45, 7) is 4.70. The summed E-state index contributed by atoms with van der Waals surface area (Å²) in [5.41, 5.74) is 8.87. The van der Waals surface area contributed by atoms with Crippen molar-refractivity contribution in [3.05, 3.63) is 64.9 Å². The maximum absolute atomic E-state index is 11.3. The molecule has 0 saturated carbocycles. The Bertz CT molecular complexity index is 929. The quantitative estimate of drug-likeness (QED) is 0.765. The average molecular weight is 370 g/mol. The Labute approximate surface area is 156 Å². The van der Waals surface area contributed by atoms with Gasteiger partial charge in [-0.25, -0.2) is 9.66 Å². The van der Waals surface area contributed by atoms with Gasteiger partial charge in [0.05, 0.1) is 11.0 Å². The highest BCUT2D eigenvalue weighted by Gasteiger charge is 2.19. The number of amides is 1. The van der Waals surface area contributed by atoms with E-state index in [9.17, 15) is 4.79 Å². The molecule has 0 aliphatic carbocycles. The first-order chi connectivity index (χ1) is 12.6. The van der Waals surface area contributed by atoms with Gasteiger partial charge in [-0.2, -0.15) is 0 Å². The van der Waals surface area contributed by atoms with E-state index < -0.39 is 5.91 Å². The first-order valence-corrected chi connectivity index (χ1v) is 8.97. The molecule has 1 aliphatic heterocycles. The molecule has 1 aromatic heterocycles.